The topological polar surface area (TPSA) is 12.0 Å². The van der Waals surface area contributed by atoms with Crippen molar-refractivity contribution in [2.45, 2.75) is 32.6 Å². The summed E-state index contributed by atoms with van der Waals surface area (Å²) in [5, 5.41) is 3.34. The molecule has 16 heavy (non-hydrogen) atoms. The van der Waals surface area contributed by atoms with Gasteiger partial charge in [0.2, 0.25) is 0 Å². The molecule has 0 spiro atoms. The quantitative estimate of drug-likeness (QED) is 0.757. The van der Waals surface area contributed by atoms with Gasteiger partial charge >= 0.3 is 0 Å². The average Bonchev–Trinajstić information content (AvgIpc) is 2.29. The molecule has 0 aliphatic carbocycles. The normalized spacial score (nSPS) is 17.1. The van der Waals surface area contributed by atoms with Gasteiger partial charge in [0.05, 0.1) is 0 Å². The lowest BCUT2D eigenvalue weighted by atomic mass is 9.86. The van der Waals surface area contributed by atoms with Crippen molar-refractivity contribution in [3.05, 3.63) is 41.5 Å². The van der Waals surface area contributed by atoms with E-state index in [0.29, 0.717) is 0 Å². The van der Waals surface area contributed by atoms with Crippen LogP contribution in [0.4, 0.5) is 0 Å². The predicted octanol–water partition coefficient (Wildman–Crippen LogP) is 3.36. The van der Waals surface area contributed by atoms with Gasteiger partial charge in [-0.15, -0.1) is 0 Å². The van der Waals surface area contributed by atoms with Crippen molar-refractivity contribution in [3.63, 3.8) is 0 Å². The average molecular weight is 215 g/mol. The van der Waals surface area contributed by atoms with Gasteiger partial charge in [-0.3, -0.25) is 0 Å². The van der Waals surface area contributed by atoms with Crippen LogP contribution in [0.5, 0.6) is 0 Å². The molecule has 0 fully saturated rings. The van der Waals surface area contributed by atoms with Crippen molar-refractivity contribution in [2.75, 3.05) is 13.1 Å². The lowest BCUT2D eigenvalue weighted by molar-refractivity contribution is 0.590. The van der Waals surface area contributed by atoms with Gasteiger partial charge in [-0.2, -0.15) is 0 Å². The highest BCUT2D eigenvalue weighted by Gasteiger charge is 2.13. The van der Waals surface area contributed by atoms with E-state index in [2.05, 4.69) is 56.4 Å². The maximum atomic E-state index is 3.34. The highest BCUT2D eigenvalue weighted by Crippen LogP contribution is 2.25. The third-order valence-corrected chi connectivity index (χ3v) is 3.19. The highest BCUT2D eigenvalue weighted by molar-refractivity contribution is 5.66. The van der Waals surface area contributed by atoms with E-state index in [1.807, 2.05) is 0 Å². The van der Waals surface area contributed by atoms with Gasteiger partial charge in [0, 0.05) is 6.54 Å². The smallest absolute Gasteiger partial charge is 0.0140 e. The van der Waals surface area contributed by atoms with Crippen LogP contribution < -0.4 is 5.32 Å². The maximum Gasteiger partial charge on any atom is 0.0140 e. The zero-order valence-corrected chi connectivity index (χ0v) is 10.5. The van der Waals surface area contributed by atoms with Crippen LogP contribution >= 0.6 is 0 Å². The van der Waals surface area contributed by atoms with Crippen molar-refractivity contribution in [1.29, 1.82) is 0 Å². The van der Waals surface area contributed by atoms with Crippen LogP contribution in [0.15, 0.2) is 30.3 Å². The second kappa shape index (κ2) is 4.42. The summed E-state index contributed by atoms with van der Waals surface area (Å²) >= 11 is 0. The minimum absolute atomic E-state index is 0.251. The Morgan fingerprint density at radius 2 is 1.75 bits per heavy atom. The molecule has 1 aliphatic rings. The first-order valence-electron chi connectivity index (χ1n) is 6.08. The van der Waals surface area contributed by atoms with Crippen LogP contribution in [0.2, 0.25) is 0 Å². The zero-order chi connectivity index (χ0) is 11.6. The molecule has 1 N–H and O–H groups in total. The lowest BCUT2D eigenvalue weighted by Crippen LogP contribution is -2.20. The highest BCUT2D eigenvalue weighted by atomic mass is 14.8. The largest absolute Gasteiger partial charge is 0.313 e. The van der Waals surface area contributed by atoms with E-state index in [1.165, 1.54) is 16.7 Å². The summed E-state index contributed by atoms with van der Waals surface area (Å²) in [5.41, 5.74) is 4.53. The first kappa shape index (κ1) is 11.4. The minimum atomic E-state index is 0.251. The van der Waals surface area contributed by atoms with Crippen LogP contribution in [0.25, 0.3) is 5.57 Å². The Hall–Kier alpha value is -1.08. The number of benzene rings is 1. The Bertz CT molecular complexity index is 379. The summed E-state index contributed by atoms with van der Waals surface area (Å²) in [6.07, 6.45) is 3.45. The van der Waals surface area contributed by atoms with Crippen LogP contribution in [-0.2, 0) is 5.41 Å². The first-order valence-corrected chi connectivity index (χ1v) is 6.08. The third-order valence-electron chi connectivity index (χ3n) is 3.19. The van der Waals surface area contributed by atoms with E-state index in [4.69, 9.17) is 0 Å². The van der Waals surface area contributed by atoms with E-state index in [1.54, 1.807) is 0 Å². The van der Waals surface area contributed by atoms with Gasteiger partial charge in [-0.1, -0.05) is 51.1 Å². The van der Waals surface area contributed by atoms with Crippen LogP contribution in [0.3, 0.4) is 0 Å². The second-order valence-electron chi connectivity index (χ2n) is 5.51. The van der Waals surface area contributed by atoms with Crippen molar-refractivity contribution in [3.8, 4) is 0 Å². The van der Waals surface area contributed by atoms with E-state index in [9.17, 15) is 0 Å². The molecule has 1 nitrogen and oxygen atoms in total. The summed E-state index contributed by atoms with van der Waals surface area (Å²) in [6, 6.07) is 9.05. The molecule has 1 aromatic rings. The Kier molecular flexibility index (Phi) is 3.15. The van der Waals surface area contributed by atoms with Crippen molar-refractivity contribution >= 4 is 5.57 Å². The molecule has 0 radical (unpaired) electrons. The fraction of sp³-hybridized carbons (Fsp3) is 0.467. The maximum absolute atomic E-state index is 3.34. The molecule has 0 unspecified atom stereocenters. The molecule has 0 atom stereocenters. The number of rotatable bonds is 1. The molecule has 0 saturated heterocycles. The monoisotopic (exact) mass is 215 g/mol. The number of nitrogens with one attached hydrogen (secondary N) is 1. The molecular weight excluding hydrogens is 194 g/mol. The molecule has 1 heteroatoms. The molecule has 2 rings (SSSR count). The minimum Gasteiger partial charge on any atom is -0.313 e. The molecule has 0 saturated carbocycles. The summed E-state index contributed by atoms with van der Waals surface area (Å²) < 4.78 is 0. The lowest BCUT2D eigenvalue weighted by Gasteiger charge is -2.20. The second-order valence-corrected chi connectivity index (χ2v) is 5.51. The van der Waals surface area contributed by atoms with Crippen LogP contribution in [0.1, 0.15) is 38.3 Å². The summed E-state index contributed by atoms with van der Waals surface area (Å²) in [7, 11) is 0. The molecule has 1 aliphatic heterocycles. The van der Waals surface area contributed by atoms with Gasteiger partial charge in [0.25, 0.3) is 0 Å². The fourth-order valence-corrected chi connectivity index (χ4v) is 2.07. The molecule has 0 bridgehead atoms. The SMILES string of the molecule is CC(C)(C)c1ccc(C2=CCNCC2)cc1. The van der Waals surface area contributed by atoms with E-state index in [-0.39, 0.29) is 5.41 Å². The summed E-state index contributed by atoms with van der Waals surface area (Å²) in [4.78, 5) is 0. The summed E-state index contributed by atoms with van der Waals surface area (Å²) in [5.74, 6) is 0. The third kappa shape index (κ3) is 2.53. The van der Waals surface area contributed by atoms with Crippen LogP contribution in [-0.4, -0.2) is 13.1 Å². The van der Waals surface area contributed by atoms with Crippen molar-refractivity contribution < 1.29 is 0 Å². The van der Waals surface area contributed by atoms with E-state index in [0.717, 1.165) is 19.5 Å². The predicted molar refractivity (Wildman–Crippen MR) is 70.6 cm³/mol. The molecule has 0 amide bonds. The van der Waals surface area contributed by atoms with Gasteiger partial charge in [-0.25, -0.2) is 0 Å². The Morgan fingerprint density at radius 3 is 2.25 bits per heavy atom. The van der Waals surface area contributed by atoms with Crippen molar-refractivity contribution in [2.24, 2.45) is 0 Å². The standard InChI is InChI=1S/C15H21N/c1-15(2,3)14-6-4-12(5-7-14)13-8-10-16-11-9-13/h4-8,16H,9-11H2,1-3H3. The fourth-order valence-electron chi connectivity index (χ4n) is 2.07. The molecular formula is C15H21N. The Morgan fingerprint density at radius 1 is 1.06 bits per heavy atom. The first-order chi connectivity index (χ1) is 7.57. The molecule has 0 aromatic heterocycles. The summed E-state index contributed by atoms with van der Waals surface area (Å²) in [6.45, 7) is 8.88. The Labute approximate surface area is 98.6 Å². The van der Waals surface area contributed by atoms with E-state index >= 15 is 0 Å². The Balaban J connectivity index is 2.22. The van der Waals surface area contributed by atoms with Crippen molar-refractivity contribution in [1.82, 2.24) is 5.32 Å². The van der Waals surface area contributed by atoms with Gasteiger partial charge in [-0.05, 0) is 35.1 Å². The zero-order valence-electron chi connectivity index (χ0n) is 10.5. The van der Waals surface area contributed by atoms with Gasteiger partial charge in [0.15, 0.2) is 0 Å². The number of hydrogen-bond donors (Lipinski definition) is 1. The van der Waals surface area contributed by atoms with E-state index < -0.39 is 0 Å². The van der Waals surface area contributed by atoms with Gasteiger partial charge in [0.1, 0.15) is 0 Å². The molecule has 1 aromatic carbocycles. The molecule has 86 valence electrons. The van der Waals surface area contributed by atoms with Gasteiger partial charge < -0.3 is 5.32 Å². The van der Waals surface area contributed by atoms with Crippen LogP contribution in [0, 0.1) is 0 Å². The number of hydrogen-bond acceptors (Lipinski definition) is 1. The molecule has 1 heterocycles.